The van der Waals surface area contributed by atoms with Crippen molar-refractivity contribution in [2.75, 3.05) is 0 Å². The summed E-state index contributed by atoms with van der Waals surface area (Å²) in [7, 11) is 0. The van der Waals surface area contributed by atoms with E-state index in [1.807, 2.05) is 0 Å². The Balaban J connectivity index is 2.17. The Kier molecular flexibility index (Phi) is 2.68. The lowest BCUT2D eigenvalue weighted by Crippen LogP contribution is -2.08. The van der Waals surface area contributed by atoms with E-state index in [1.165, 1.54) is 12.1 Å². The largest absolute Gasteiger partial charge is 0.298 e. The Morgan fingerprint density at radius 2 is 2.21 bits per heavy atom. The number of alkyl halides is 1. The van der Waals surface area contributed by atoms with Crippen LogP contribution in [0.2, 0.25) is 0 Å². The van der Waals surface area contributed by atoms with Crippen LogP contribution in [0.3, 0.4) is 0 Å². The molecular formula is C11H10BrFO. The van der Waals surface area contributed by atoms with Crippen LogP contribution in [-0.2, 0) is 4.79 Å². The van der Waals surface area contributed by atoms with E-state index in [9.17, 15) is 9.18 Å². The summed E-state index contributed by atoms with van der Waals surface area (Å²) in [6.45, 7) is 0. The first-order valence-electron chi connectivity index (χ1n) is 4.62. The van der Waals surface area contributed by atoms with Crippen molar-refractivity contribution in [1.29, 1.82) is 0 Å². The first-order chi connectivity index (χ1) is 6.68. The number of carbonyl (C=O) groups is 1. The van der Waals surface area contributed by atoms with Gasteiger partial charge in [0.2, 0.25) is 0 Å². The van der Waals surface area contributed by atoms with Crippen molar-refractivity contribution in [3.8, 4) is 0 Å². The molecule has 1 fully saturated rings. The molecule has 0 radical (unpaired) electrons. The van der Waals surface area contributed by atoms with E-state index in [2.05, 4.69) is 15.9 Å². The van der Waals surface area contributed by atoms with Gasteiger partial charge >= 0.3 is 0 Å². The second-order valence-electron chi connectivity index (χ2n) is 3.59. The molecule has 0 saturated heterocycles. The molecule has 0 amide bonds. The van der Waals surface area contributed by atoms with Crippen LogP contribution >= 0.6 is 15.9 Å². The molecule has 1 aliphatic carbocycles. The second-order valence-corrected chi connectivity index (χ2v) is 4.51. The van der Waals surface area contributed by atoms with E-state index in [1.54, 1.807) is 12.1 Å². The van der Waals surface area contributed by atoms with E-state index in [0.717, 1.165) is 12.8 Å². The van der Waals surface area contributed by atoms with Crippen LogP contribution in [0.15, 0.2) is 24.3 Å². The van der Waals surface area contributed by atoms with Gasteiger partial charge in [0.1, 0.15) is 5.82 Å². The van der Waals surface area contributed by atoms with Crippen molar-refractivity contribution in [2.24, 2.45) is 5.92 Å². The average molecular weight is 257 g/mol. The summed E-state index contributed by atoms with van der Waals surface area (Å²) in [6.07, 6.45) is 1.96. The number of rotatable bonds is 3. The predicted octanol–water partition coefficient (Wildman–Crippen LogP) is 3.24. The molecule has 1 saturated carbocycles. The zero-order valence-electron chi connectivity index (χ0n) is 7.54. The van der Waals surface area contributed by atoms with Gasteiger partial charge in [0, 0.05) is 5.92 Å². The number of hydrogen-bond acceptors (Lipinski definition) is 1. The van der Waals surface area contributed by atoms with Gasteiger partial charge in [-0.15, -0.1) is 0 Å². The molecular weight excluding hydrogens is 247 g/mol. The lowest BCUT2D eigenvalue weighted by molar-refractivity contribution is -0.119. The first-order valence-corrected chi connectivity index (χ1v) is 5.53. The topological polar surface area (TPSA) is 17.1 Å². The lowest BCUT2D eigenvalue weighted by Gasteiger charge is -2.07. The molecule has 74 valence electrons. The molecule has 1 aromatic carbocycles. The fourth-order valence-corrected chi connectivity index (χ4v) is 2.06. The SMILES string of the molecule is O=C(C1CC1)C(Br)c1cccc(F)c1. The normalized spacial score (nSPS) is 17.9. The highest BCUT2D eigenvalue weighted by atomic mass is 79.9. The summed E-state index contributed by atoms with van der Waals surface area (Å²) in [4.78, 5) is 11.3. The monoisotopic (exact) mass is 256 g/mol. The van der Waals surface area contributed by atoms with E-state index < -0.39 is 0 Å². The summed E-state index contributed by atoms with van der Waals surface area (Å²) in [5.41, 5.74) is 0.710. The molecule has 0 N–H and O–H groups in total. The van der Waals surface area contributed by atoms with Crippen molar-refractivity contribution in [3.05, 3.63) is 35.6 Å². The zero-order valence-corrected chi connectivity index (χ0v) is 9.13. The molecule has 1 unspecified atom stereocenters. The Labute approximate surface area is 90.4 Å². The van der Waals surface area contributed by atoms with Crippen molar-refractivity contribution in [2.45, 2.75) is 17.7 Å². The Bertz CT molecular complexity index is 360. The molecule has 1 atom stereocenters. The first kappa shape index (κ1) is 9.84. The smallest absolute Gasteiger partial charge is 0.153 e. The van der Waals surface area contributed by atoms with E-state index in [4.69, 9.17) is 0 Å². The number of halogens is 2. The minimum absolute atomic E-state index is 0.176. The average Bonchev–Trinajstić information content (AvgIpc) is 2.99. The third-order valence-corrected chi connectivity index (χ3v) is 3.35. The lowest BCUT2D eigenvalue weighted by atomic mass is 10.1. The van der Waals surface area contributed by atoms with E-state index in [-0.39, 0.29) is 22.3 Å². The summed E-state index contributed by atoms with van der Waals surface area (Å²) in [5.74, 6) is 0.0776. The number of Topliss-reactive ketones (excluding diaryl/α,β-unsaturated/α-hetero) is 1. The highest BCUT2D eigenvalue weighted by Gasteiger charge is 2.34. The van der Waals surface area contributed by atoms with Gasteiger partial charge in [-0.3, -0.25) is 4.79 Å². The molecule has 1 aromatic rings. The van der Waals surface area contributed by atoms with Crippen LogP contribution in [0.5, 0.6) is 0 Å². The van der Waals surface area contributed by atoms with E-state index >= 15 is 0 Å². The van der Waals surface area contributed by atoms with Crippen LogP contribution in [0, 0.1) is 11.7 Å². The summed E-state index contributed by atoms with van der Waals surface area (Å²) in [5, 5.41) is 0. The van der Waals surface area contributed by atoms with E-state index in [0.29, 0.717) is 5.56 Å². The molecule has 0 bridgehead atoms. The van der Waals surface area contributed by atoms with Crippen LogP contribution in [-0.4, -0.2) is 5.78 Å². The molecule has 0 aliphatic heterocycles. The molecule has 3 heteroatoms. The molecule has 0 aromatic heterocycles. The number of benzene rings is 1. The maximum atomic E-state index is 12.9. The molecule has 2 rings (SSSR count). The van der Waals surface area contributed by atoms with Crippen molar-refractivity contribution in [1.82, 2.24) is 0 Å². The van der Waals surface area contributed by atoms with Gasteiger partial charge in [0.15, 0.2) is 5.78 Å². The van der Waals surface area contributed by atoms with Crippen molar-refractivity contribution < 1.29 is 9.18 Å². The Morgan fingerprint density at radius 3 is 2.79 bits per heavy atom. The number of ketones is 1. The highest BCUT2D eigenvalue weighted by molar-refractivity contribution is 9.09. The van der Waals surface area contributed by atoms with Gasteiger partial charge in [0.05, 0.1) is 4.83 Å². The second kappa shape index (κ2) is 3.81. The van der Waals surface area contributed by atoms with Gasteiger partial charge in [0.25, 0.3) is 0 Å². The standard InChI is InChI=1S/C11H10BrFO/c12-10(11(14)7-4-5-7)8-2-1-3-9(13)6-8/h1-3,6-7,10H,4-5H2. The fraction of sp³-hybridized carbons (Fsp3) is 0.364. The van der Waals surface area contributed by atoms with Gasteiger partial charge in [-0.25, -0.2) is 4.39 Å². The zero-order chi connectivity index (χ0) is 10.1. The predicted molar refractivity (Wildman–Crippen MR) is 55.8 cm³/mol. The third-order valence-electron chi connectivity index (χ3n) is 2.37. The van der Waals surface area contributed by atoms with Gasteiger partial charge in [-0.2, -0.15) is 0 Å². The molecule has 1 nitrogen and oxygen atoms in total. The maximum absolute atomic E-state index is 12.9. The van der Waals surface area contributed by atoms with Crippen LogP contribution in [0.25, 0.3) is 0 Å². The van der Waals surface area contributed by atoms with Gasteiger partial charge in [-0.05, 0) is 30.5 Å². The third kappa shape index (κ3) is 2.03. The molecule has 14 heavy (non-hydrogen) atoms. The quantitative estimate of drug-likeness (QED) is 0.759. The number of carbonyl (C=O) groups excluding carboxylic acids is 1. The summed E-state index contributed by atoms with van der Waals surface area (Å²) >= 11 is 3.31. The van der Waals surface area contributed by atoms with Crippen molar-refractivity contribution >= 4 is 21.7 Å². The van der Waals surface area contributed by atoms with Gasteiger partial charge in [-0.1, -0.05) is 28.1 Å². The Hall–Kier alpha value is -0.700. The highest BCUT2D eigenvalue weighted by Crippen LogP contribution is 2.38. The minimum Gasteiger partial charge on any atom is -0.298 e. The minimum atomic E-state index is -0.342. The maximum Gasteiger partial charge on any atom is 0.153 e. The van der Waals surface area contributed by atoms with Crippen LogP contribution in [0.1, 0.15) is 23.2 Å². The number of hydrogen-bond donors (Lipinski definition) is 0. The summed E-state index contributed by atoms with van der Waals surface area (Å²) < 4.78 is 12.9. The Morgan fingerprint density at radius 1 is 1.50 bits per heavy atom. The van der Waals surface area contributed by atoms with Gasteiger partial charge < -0.3 is 0 Å². The van der Waals surface area contributed by atoms with Crippen molar-refractivity contribution in [3.63, 3.8) is 0 Å². The molecule has 1 aliphatic rings. The molecule has 0 spiro atoms. The van der Waals surface area contributed by atoms with Crippen LogP contribution < -0.4 is 0 Å². The molecule has 0 heterocycles. The van der Waals surface area contributed by atoms with Crippen LogP contribution in [0.4, 0.5) is 4.39 Å². The summed E-state index contributed by atoms with van der Waals surface area (Å²) in [6, 6.07) is 6.17. The fourth-order valence-electron chi connectivity index (χ4n) is 1.40.